The third-order valence-corrected chi connectivity index (χ3v) is 3.17. The highest BCUT2D eigenvalue weighted by Gasteiger charge is 2.37. The Kier molecular flexibility index (Phi) is 4.16. The van der Waals surface area contributed by atoms with Crippen LogP contribution in [0.2, 0.25) is 0 Å². The van der Waals surface area contributed by atoms with Gasteiger partial charge in [0.2, 0.25) is 5.60 Å². The molecule has 0 bridgehead atoms. The van der Waals surface area contributed by atoms with E-state index in [0.29, 0.717) is 18.6 Å². The summed E-state index contributed by atoms with van der Waals surface area (Å²) in [5.74, 6) is -0.246. The van der Waals surface area contributed by atoms with Crippen LogP contribution in [0.15, 0.2) is 18.2 Å². The maximum Gasteiger partial charge on any atom is 0.348 e. The molecule has 1 N–H and O–H groups in total. The number of carboxylic acid groups (broad SMARTS) is 1. The van der Waals surface area contributed by atoms with Crippen molar-refractivity contribution in [3.05, 3.63) is 29.3 Å². The Morgan fingerprint density at radius 1 is 1.29 bits per heavy atom. The summed E-state index contributed by atoms with van der Waals surface area (Å²) < 4.78 is 5.75. The maximum absolute atomic E-state index is 11.3. The molecule has 0 aromatic heterocycles. The molecule has 0 atom stereocenters. The first-order valence-electron chi connectivity index (χ1n) is 5.95. The van der Waals surface area contributed by atoms with Gasteiger partial charge in [-0.3, -0.25) is 0 Å². The molecule has 0 aliphatic rings. The second-order valence-corrected chi connectivity index (χ2v) is 4.38. The van der Waals surface area contributed by atoms with Crippen LogP contribution in [0.5, 0.6) is 5.75 Å². The van der Waals surface area contributed by atoms with Crippen molar-refractivity contribution < 1.29 is 14.6 Å². The Labute approximate surface area is 102 Å². The molecule has 0 amide bonds. The second kappa shape index (κ2) is 5.21. The van der Waals surface area contributed by atoms with Crippen LogP contribution in [0.3, 0.4) is 0 Å². The first-order valence-corrected chi connectivity index (χ1v) is 5.95. The molecule has 94 valence electrons. The van der Waals surface area contributed by atoms with Gasteiger partial charge in [-0.2, -0.15) is 0 Å². The minimum Gasteiger partial charge on any atom is -0.478 e. The van der Waals surface area contributed by atoms with E-state index in [1.807, 2.05) is 45.9 Å². The van der Waals surface area contributed by atoms with Crippen LogP contribution < -0.4 is 4.74 Å². The largest absolute Gasteiger partial charge is 0.478 e. The van der Waals surface area contributed by atoms with Crippen molar-refractivity contribution in [2.45, 2.75) is 46.1 Å². The van der Waals surface area contributed by atoms with E-state index in [2.05, 4.69) is 0 Å². The molecule has 0 spiro atoms. The first kappa shape index (κ1) is 13.6. The molecule has 3 nitrogen and oxygen atoms in total. The molecule has 0 aliphatic carbocycles. The Hall–Kier alpha value is -1.51. The minimum atomic E-state index is -1.11. The fourth-order valence-corrected chi connectivity index (χ4v) is 1.86. The average Bonchev–Trinajstić information content (AvgIpc) is 2.28. The number of carboxylic acids is 1. The zero-order chi connectivity index (χ0) is 13.1. The molecule has 0 fully saturated rings. The zero-order valence-electron chi connectivity index (χ0n) is 10.9. The van der Waals surface area contributed by atoms with E-state index >= 15 is 0 Å². The van der Waals surface area contributed by atoms with Crippen molar-refractivity contribution in [2.24, 2.45) is 0 Å². The summed E-state index contributed by atoms with van der Waals surface area (Å²) in [6.45, 7) is 7.60. The van der Waals surface area contributed by atoms with Crippen LogP contribution >= 0.6 is 0 Å². The molecular weight excluding hydrogens is 216 g/mol. The Morgan fingerprint density at radius 3 is 2.29 bits per heavy atom. The predicted octanol–water partition coefficient (Wildman–Crippen LogP) is 3.33. The molecule has 0 aliphatic heterocycles. The normalized spacial score (nSPS) is 11.3. The van der Waals surface area contributed by atoms with Gasteiger partial charge in [0.05, 0.1) is 0 Å². The monoisotopic (exact) mass is 236 g/mol. The predicted molar refractivity (Wildman–Crippen MR) is 67.5 cm³/mol. The van der Waals surface area contributed by atoms with Gasteiger partial charge in [-0.05, 0) is 38.3 Å². The van der Waals surface area contributed by atoms with Gasteiger partial charge in [-0.1, -0.05) is 31.5 Å². The number of hydrogen-bond donors (Lipinski definition) is 1. The molecule has 0 heterocycles. The third-order valence-electron chi connectivity index (χ3n) is 3.17. The highest BCUT2D eigenvalue weighted by molar-refractivity contribution is 5.77. The van der Waals surface area contributed by atoms with Crippen LogP contribution in [-0.4, -0.2) is 16.7 Å². The van der Waals surface area contributed by atoms with E-state index in [1.165, 1.54) is 0 Å². The lowest BCUT2D eigenvalue weighted by Crippen LogP contribution is -2.43. The smallest absolute Gasteiger partial charge is 0.348 e. The van der Waals surface area contributed by atoms with Crippen molar-refractivity contribution in [3.63, 3.8) is 0 Å². The van der Waals surface area contributed by atoms with Crippen molar-refractivity contribution in [3.8, 4) is 5.75 Å². The molecule has 0 saturated carbocycles. The standard InChI is InChI=1S/C14H20O3/c1-5-14(6-2,13(15)16)17-12-8-7-10(3)9-11(12)4/h7-9H,5-6H2,1-4H3,(H,15,16). The zero-order valence-corrected chi connectivity index (χ0v) is 10.9. The number of carbonyl (C=O) groups is 1. The lowest BCUT2D eigenvalue weighted by molar-refractivity contribution is -0.156. The summed E-state index contributed by atoms with van der Waals surface area (Å²) in [6.07, 6.45) is 0.901. The molecule has 1 rings (SSSR count). The molecule has 0 saturated heterocycles. The number of hydrogen-bond acceptors (Lipinski definition) is 2. The number of aryl methyl sites for hydroxylation is 2. The van der Waals surface area contributed by atoms with Crippen LogP contribution in [0, 0.1) is 13.8 Å². The van der Waals surface area contributed by atoms with Gasteiger partial charge in [-0.15, -0.1) is 0 Å². The fourth-order valence-electron chi connectivity index (χ4n) is 1.86. The first-order chi connectivity index (χ1) is 7.95. The van der Waals surface area contributed by atoms with Gasteiger partial charge < -0.3 is 9.84 Å². The Bertz CT molecular complexity index is 406. The quantitative estimate of drug-likeness (QED) is 0.853. The van der Waals surface area contributed by atoms with Gasteiger partial charge >= 0.3 is 5.97 Å². The van der Waals surface area contributed by atoms with E-state index in [-0.39, 0.29) is 0 Å². The van der Waals surface area contributed by atoms with Gasteiger partial charge in [0.25, 0.3) is 0 Å². The molecule has 17 heavy (non-hydrogen) atoms. The SMILES string of the molecule is CCC(CC)(Oc1ccc(C)cc1C)C(=O)O. The van der Waals surface area contributed by atoms with E-state index in [4.69, 9.17) is 4.74 Å². The lowest BCUT2D eigenvalue weighted by Gasteiger charge is -2.28. The Morgan fingerprint density at radius 2 is 1.88 bits per heavy atom. The van der Waals surface area contributed by atoms with E-state index in [9.17, 15) is 9.90 Å². The van der Waals surface area contributed by atoms with Crippen LogP contribution in [-0.2, 0) is 4.79 Å². The molecule has 0 unspecified atom stereocenters. The number of ether oxygens (including phenoxy) is 1. The minimum absolute atomic E-state index is 0.451. The second-order valence-electron chi connectivity index (χ2n) is 4.38. The summed E-state index contributed by atoms with van der Waals surface area (Å²) in [7, 11) is 0. The topological polar surface area (TPSA) is 46.5 Å². The molecule has 3 heteroatoms. The van der Waals surface area contributed by atoms with Crippen molar-refractivity contribution in [1.29, 1.82) is 0 Å². The molecular formula is C14H20O3. The van der Waals surface area contributed by atoms with Gasteiger partial charge in [0.15, 0.2) is 0 Å². The van der Waals surface area contributed by atoms with E-state index < -0.39 is 11.6 Å². The highest BCUT2D eigenvalue weighted by atomic mass is 16.5. The molecule has 0 radical (unpaired) electrons. The summed E-state index contributed by atoms with van der Waals surface area (Å²) in [6, 6.07) is 5.77. The van der Waals surface area contributed by atoms with E-state index in [1.54, 1.807) is 0 Å². The molecule has 1 aromatic rings. The van der Waals surface area contributed by atoms with Gasteiger partial charge in [0.1, 0.15) is 5.75 Å². The highest BCUT2D eigenvalue weighted by Crippen LogP contribution is 2.28. The number of benzene rings is 1. The fraction of sp³-hybridized carbons (Fsp3) is 0.500. The number of aliphatic carboxylic acids is 1. The summed E-state index contributed by atoms with van der Waals surface area (Å²) >= 11 is 0. The Balaban J connectivity index is 3.05. The van der Waals surface area contributed by atoms with Crippen molar-refractivity contribution in [1.82, 2.24) is 0 Å². The van der Waals surface area contributed by atoms with Gasteiger partial charge in [0, 0.05) is 0 Å². The summed E-state index contributed by atoms with van der Waals surface area (Å²) in [4.78, 5) is 11.3. The van der Waals surface area contributed by atoms with Crippen LogP contribution in [0.25, 0.3) is 0 Å². The average molecular weight is 236 g/mol. The van der Waals surface area contributed by atoms with Crippen LogP contribution in [0.1, 0.15) is 37.8 Å². The van der Waals surface area contributed by atoms with Crippen LogP contribution in [0.4, 0.5) is 0 Å². The summed E-state index contributed by atoms with van der Waals surface area (Å²) in [5.41, 5.74) is 1.00. The van der Waals surface area contributed by atoms with Crippen molar-refractivity contribution >= 4 is 5.97 Å². The lowest BCUT2D eigenvalue weighted by atomic mass is 9.97. The van der Waals surface area contributed by atoms with E-state index in [0.717, 1.165) is 11.1 Å². The maximum atomic E-state index is 11.3. The summed E-state index contributed by atoms with van der Waals surface area (Å²) in [5, 5.41) is 9.31. The van der Waals surface area contributed by atoms with Crippen molar-refractivity contribution in [2.75, 3.05) is 0 Å². The molecule has 1 aromatic carbocycles. The number of rotatable bonds is 5. The van der Waals surface area contributed by atoms with Gasteiger partial charge in [-0.25, -0.2) is 4.79 Å². The third kappa shape index (κ3) is 2.78.